The summed E-state index contributed by atoms with van der Waals surface area (Å²) in [5.74, 6) is 1.02. The molecule has 2 aromatic rings. The van der Waals surface area contributed by atoms with Crippen LogP contribution in [0, 0.1) is 11.8 Å². The fourth-order valence-electron chi connectivity index (χ4n) is 4.53. The third-order valence-electron chi connectivity index (χ3n) is 6.05. The van der Waals surface area contributed by atoms with Gasteiger partial charge in [-0.15, -0.1) is 11.3 Å². The van der Waals surface area contributed by atoms with Gasteiger partial charge in [-0.2, -0.15) is 0 Å². The molecule has 5 heteroatoms. The highest BCUT2D eigenvalue weighted by Gasteiger charge is 2.33. The standard InChI is InChI=1S/C21H31N3OS/c1-22-7-4-8-23(10-9-22)12-18-13-24(14-19(18)16-25)15-20-11-17-5-2-3-6-21(17)26-20/h2-3,5-6,11,18-19,25H,4,7-10,12-16H2,1H3/t18-,19-/m1/s1. The fourth-order valence-corrected chi connectivity index (χ4v) is 5.63. The van der Waals surface area contributed by atoms with Gasteiger partial charge >= 0.3 is 0 Å². The molecule has 2 saturated heterocycles. The summed E-state index contributed by atoms with van der Waals surface area (Å²) >= 11 is 1.91. The predicted molar refractivity (Wildman–Crippen MR) is 110 cm³/mol. The van der Waals surface area contributed by atoms with Gasteiger partial charge in [0.15, 0.2) is 0 Å². The number of hydrogen-bond acceptors (Lipinski definition) is 5. The van der Waals surface area contributed by atoms with Crippen molar-refractivity contribution < 1.29 is 5.11 Å². The zero-order valence-electron chi connectivity index (χ0n) is 15.8. The largest absolute Gasteiger partial charge is 0.396 e. The molecule has 142 valence electrons. The topological polar surface area (TPSA) is 30.0 Å². The predicted octanol–water partition coefficient (Wildman–Crippen LogP) is 2.58. The van der Waals surface area contributed by atoms with Crippen molar-refractivity contribution in [2.45, 2.75) is 13.0 Å². The van der Waals surface area contributed by atoms with E-state index in [9.17, 15) is 5.11 Å². The van der Waals surface area contributed by atoms with Crippen LogP contribution < -0.4 is 0 Å². The Morgan fingerprint density at radius 2 is 1.88 bits per heavy atom. The molecule has 1 aromatic heterocycles. The van der Waals surface area contributed by atoms with E-state index in [-0.39, 0.29) is 0 Å². The van der Waals surface area contributed by atoms with Crippen molar-refractivity contribution in [3.63, 3.8) is 0 Å². The van der Waals surface area contributed by atoms with Crippen LogP contribution in [0.2, 0.25) is 0 Å². The van der Waals surface area contributed by atoms with Crippen LogP contribution in [0.5, 0.6) is 0 Å². The molecular formula is C21H31N3OS. The Morgan fingerprint density at radius 3 is 2.73 bits per heavy atom. The van der Waals surface area contributed by atoms with Gasteiger partial charge in [-0.05, 0) is 55.9 Å². The zero-order valence-corrected chi connectivity index (χ0v) is 16.6. The molecule has 0 radical (unpaired) electrons. The number of hydrogen-bond donors (Lipinski definition) is 1. The molecule has 0 unspecified atom stereocenters. The van der Waals surface area contributed by atoms with Gasteiger partial charge in [0.05, 0.1) is 0 Å². The lowest BCUT2D eigenvalue weighted by molar-refractivity contribution is 0.165. The molecule has 2 aliphatic rings. The van der Waals surface area contributed by atoms with Gasteiger partial charge in [0.2, 0.25) is 0 Å². The Kier molecular flexibility index (Phi) is 5.91. The number of benzene rings is 1. The van der Waals surface area contributed by atoms with Crippen LogP contribution >= 0.6 is 11.3 Å². The summed E-state index contributed by atoms with van der Waals surface area (Å²) < 4.78 is 1.38. The minimum atomic E-state index is 0.321. The highest BCUT2D eigenvalue weighted by atomic mass is 32.1. The lowest BCUT2D eigenvalue weighted by Crippen LogP contribution is -2.36. The molecule has 0 saturated carbocycles. The average molecular weight is 374 g/mol. The molecule has 2 fully saturated rings. The van der Waals surface area contributed by atoms with E-state index in [1.807, 2.05) is 11.3 Å². The number of nitrogens with zero attached hydrogens (tertiary/aromatic N) is 3. The van der Waals surface area contributed by atoms with Crippen molar-refractivity contribution in [1.82, 2.24) is 14.7 Å². The number of aliphatic hydroxyl groups excluding tert-OH is 1. The van der Waals surface area contributed by atoms with Gasteiger partial charge < -0.3 is 14.9 Å². The molecule has 26 heavy (non-hydrogen) atoms. The Hall–Kier alpha value is -0.980. The highest BCUT2D eigenvalue weighted by molar-refractivity contribution is 7.19. The fraction of sp³-hybridized carbons (Fsp3) is 0.619. The molecule has 3 heterocycles. The minimum absolute atomic E-state index is 0.321. The summed E-state index contributed by atoms with van der Waals surface area (Å²) in [6, 6.07) is 11.0. The number of likely N-dealkylation sites (N-methyl/N-ethyl adjacent to an activating group) is 1. The quantitative estimate of drug-likeness (QED) is 0.873. The molecular weight excluding hydrogens is 342 g/mol. The van der Waals surface area contributed by atoms with Crippen molar-refractivity contribution in [3.05, 3.63) is 35.2 Å². The first-order chi connectivity index (χ1) is 12.7. The Balaban J connectivity index is 1.37. The minimum Gasteiger partial charge on any atom is -0.396 e. The zero-order chi connectivity index (χ0) is 17.9. The molecule has 2 aliphatic heterocycles. The summed E-state index contributed by atoms with van der Waals surface area (Å²) in [6.07, 6.45) is 1.26. The summed E-state index contributed by atoms with van der Waals surface area (Å²) in [4.78, 5) is 9.06. The van der Waals surface area contributed by atoms with Crippen LogP contribution in [0.15, 0.2) is 30.3 Å². The van der Waals surface area contributed by atoms with Crippen LogP contribution in [0.4, 0.5) is 0 Å². The van der Waals surface area contributed by atoms with E-state index >= 15 is 0 Å². The van der Waals surface area contributed by atoms with Crippen molar-refractivity contribution in [2.24, 2.45) is 11.8 Å². The number of fused-ring (bicyclic) bond motifs is 1. The normalized spacial score (nSPS) is 26.5. The number of rotatable bonds is 5. The Morgan fingerprint density at radius 1 is 1.04 bits per heavy atom. The van der Waals surface area contributed by atoms with Gasteiger partial charge in [-0.1, -0.05) is 18.2 Å². The van der Waals surface area contributed by atoms with E-state index in [1.54, 1.807) is 0 Å². The Labute approximate surface area is 161 Å². The van der Waals surface area contributed by atoms with Crippen molar-refractivity contribution in [2.75, 3.05) is 59.5 Å². The summed E-state index contributed by atoms with van der Waals surface area (Å²) in [5, 5.41) is 11.3. The van der Waals surface area contributed by atoms with E-state index < -0.39 is 0 Å². The summed E-state index contributed by atoms with van der Waals surface area (Å²) in [6.45, 7) is 9.38. The highest BCUT2D eigenvalue weighted by Crippen LogP contribution is 2.30. The summed E-state index contributed by atoms with van der Waals surface area (Å²) in [7, 11) is 2.22. The first kappa shape index (κ1) is 18.4. The average Bonchev–Trinajstić information content (AvgIpc) is 3.15. The first-order valence-corrected chi connectivity index (χ1v) is 10.7. The van der Waals surface area contributed by atoms with Gasteiger partial charge in [0.25, 0.3) is 0 Å². The maximum atomic E-state index is 9.91. The van der Waals surface area contributed by atoms with E-state index in [0.29, 0.717) is 18.4 Å². The number of thiophene rings is 1. The second-order valence-electron chi connectivity index (χ2n) is 8.10. The van der Waals surface area contributed by atoms with Crippen molar-refractivity contribution >= 4 is 21.4 Å². The lowest BCUT2D eigenvalue weighted by Gasteiger charge is -2.26. The number of aliphatic hydroxyl groups is 1. The second-order valence-corrected chi connectivity index (χ2v) is 9.27. The molecule has 0 bridgehead atoms. The molecule has 1 aromatic carbocycles. The Bertz CT molecular complexity index is 685. The van der Waals surface area contributed by atoms with Crippen LogP contribution in [-0.2, 0) is 6.54 Å². The molecule has 0 spiro atoms. The smallest absolute Gasteiger partial charge is 0.0475 e. The van der Waals surface area contributed by atoms with Gasteiger partial charge in [0.1, 0.15) is 0 Å². The molecule has 4 rings (SSSR count). The SMILES string of the molecule is CN1CCCN(C[C@@H]2CN(Cc3cc4ccccc4s3)C[C@@H]2CO)CC1. The molecule has 0 amide bonds. The van der Waals surface area contributed by atoms with Crippen LogP contribution in [0.25, 0.3) is 10.1 Å². The maximum absolute atomic E-state index is 9.91. The third-order valence-corrected chi connectivity index (χ3v) is 7.15. The maximum Gasteiger partial charge on any atom is 0.0475 e. The molecule has 0 aliphatic carbocycles. The van der Waals surface area contributed by atoms with E-state index in [4.69, 9.17) is 0 Å². The monoisotopic (exact) mass is 373 g/mol. The third kappa shape index (κ3) is 4.29. The van der Waals surface area contributed by atoms with Crippen molar-refractivity contribution in [1.29, 1.82) is 0 Å². The second kappa shape index (κ2) is 8.36. The number of likely N-dealkylation sites (tertiary alicyclic amines) is 1. The molecule has 2 atom stereocenters. The van der Waals surface area contributed by atoms with Crippen molar-refractivity contribution in [3.8, 4) is 0 Å². The molecule has 1 N–H and O–H groups in total. The van der Waals surface area contributed by atoms with Crippen LogP contribution in [0.3, 0.4) is 0 Å². The lowest BCUT2D eigenvalue weighted by atomic mass is 9.96. The first-order valence-electron chi connectivity index (χ1n) is 9.93. The van der Waals surface area contributed by atoms with Gasteiger partial charge in [0, 0.05) is 55.5 Å². The van der Waals surface area contributed by atoms with Crippen LogP contribution in [-0.4, -0.2) is 79.3 Å². The van der Waals surface area contributed by atoms with Gasteiger partial charge in [-0.3, -0.25) is 4.90 Å². The van der Waals surface area contributed by atoms with Gasteiger partial charge in [-0.25, -0.2) is 0 Å². The van der Waals surface area contributed by atoms with E-state index in [1.165, 1.54) is 47.6 Å². The van der Waals surface area contributed by atoms with E-state index in [2.05, 4.69) is 52.1 Å². The molecule has 4 nitrogen and oxygen atoms in total. The van der Waals surface area contributed by atoms with E-state index in [0.717, 1.165) is 26.2 Å². The summed E-state index contributed by atoms with van der Waals surface area (Å²) in [5.41, 5.74) is 0. The van der Waals surface area contributed by atoms with Crippen LogP contribution in [0.1, 0.15) is 11.3 Å².